The number of benzene rings is 1. The smallest absolute Gasteiger partial charge is 0.132 e. The molecule has 0 atom stereocenters. The molecule has 5 nitrogen and oxygen atoms in total. The molecule has 1 saturated heterocycles. The first-order valence-corrected chi connectivity index (χ1v) is 8.82. The monoisotopic (exact) mass is 383 g/mol. The van der Waals surface area contributed by atoms with Crippen molar-refractivity contribution in [1.82, 2.24) is 20.5 Å². The maximum absolute atomic E-state index is 4.64. The molecule has 0 bridgehead atoms. The second-order valence-corrected chi connectivity index (χ2v) is 6.69. The third kappa shape index (κ3) is 2.95. The molecule has 1 aliphatic heterocycles. The summed E-state index contributed by atoms with van der Waals surface area (Å²) in [5.74, 6) is 1.08. The molecule has 0 aliphatic carbocycles. The van der Waals surface area contributed by atoms with Gasteiger partial charge in [0, 0.05) is 48.6 Å². The third-order valence-electron chi connectivity index (χ3n) is 4.27. The van der Waals surface area contributed by atoms with Crippen LogP contribution < -0.4 is 10.2 Å². The number of hydrogen-bond donors (Lipinski definition) is 2. The molecule has 24 heavy (non-hydrogen) atoms. The lowest BCUT2D eigenvalue weighted by molar-refractivity contribution is 0.585. The van der Waals surface area contributed by atoms with Crippen LogP contribution in [0.4, 0.5) is 5.82 Å². The van der Waals surface area contributed by atoms with Crippen molar-refractivity contribution in [3.8, 4) is 22.4 Å². The standard InChI is InChI=1S/C18H18BrN5/c19-15-3-1-14(2-4-15)17-16(13-5-7-20-8-6-13)18(23-22-17)24-11-9-21-10-12-24/h1-8,21H,9-12H2,(H,22,23). The van der Waals surface area contributed by atoms with Gasteiger partial charge in [-0.25, -0.2) is 0 Å². The fourth-order valence-electron chi connectivity index (χ4n) is 3.06. The minimum atomic E-state index is 0.972. The van der Waals surface area contributed by atoms with E-state index in [0.29, 0.717) is 0 Å². The minimum Gasteiger partial charge on any atom is -0.354 e. The summed E-state index contributed by atoms with van der Waals surface area (Å²) in [5.41, 5.74) is 4.34. The van der Waals surface area contributed by atoms with Crippen LogP contribution in [0.3, 0.4) is 0 Å². The van der Waals surface area contributed by atoms with Crippen LogP contribution in [0.5, 0.6) is 0 Å². The van der Waals surface area contributed by atoms with E-state index in [1.165, 1.54) is 0 Å². The minimum absolute atomic E-state index is 0.972. The molecule has 122 valence electrons. The predicted molar refractivity (Wildman–Crippen MR) is 100 cm³/mol. The van der Waals surface area contributed by atoms with E-state index in [9.17, 15) is 0 Å². The number of nitrogens with one attached hydrogen (secondary N) is 2. The van der Waals surface area contributed by atoms with Gasteiger partial charge in [0.1, 0.15) is 11.5 Å². The number of hydrogen-bond acceptors (Lipinski definition) is 4. The fourth-order valence-corrected chi connectivity index (χ4v) is 3.32. The third-order valence-corrected chi connectivity index (χ3v) is 4.80. The number of aromatic amines is 1. The first-order chi connectivity index (χ1) is 11.8. The predicted octanol–water partition coefficient (Wildman–Crippen LogP) is 3.31. The lowest BCUT2D eigenvalue weighted by Gasteiger charge is -2.29. The zero-order valence-corrected chi connectivity index (χ0v) is 14.8. The first kappa shape index (κ1) is 15.4. The van der Waals surface area contributed by atoms with Gasteiger partial charge in [-0.05, 0) is 29.8 Å². The van der Waals surface area contributed by atoms with Crippen molar-refractivity contribution in [2.45, 2.75) is 0 Å². The van der Waals surface area contributed by atoms with Gasteiger partial charge in [-0.15, -0.1) is 0 Å². The lowest BCUT2D eigenvalue weighted by atomic mass is 10.0. The van der Waals surface area contributed by atoms with Crippen LogP contribution in [0.2, 0.25) is 0 Å². The van der Waals surface area contributed by atoms with E-state index < -0.39 is 0 Å². The van der Waals surface area contributed by atoms with Crippen LogP contribution in [0.1, 0.15) is 0 Å². The molecule has 1 aliphatic rings. The lowest BCUT2D eigenvalue weighted by Crippen LogP contribution is -2.43. The molecule has 2 aromatic heterocycles. The highest BCUT2D eigenvalue weighted by Crippen LogP contribution is 2.38. The van der Waals surface area contributed by atoms with E-state index in [1.54, 1.807) is 0 Å². The van der Waals surface area contributed by atoms with Gasteiger partial charge in [-0.3, -0.25) is 10.1 Å². The van der Waals surface area contributed by atoms with Crippen molar-refractivity contribution in [3.63, 3.8) is 0 Å². The Hall–Kier alpha value is -2.18. The number of piperazine rings is 1. The van der Waals surface area contributed by atoms with Crippen molar-refractivity contribution < 1.29 is 0 Å². The van der Waals surface area contributed by atoms with E-state index >= 15 is 0 Å². The molecule has 0 spiro atoms. The molecule has 2 N–H and O–H groups in total. The van der Waals surface area contributed by atoms with Gasteiger partial charge in [0.2, 0.25) is 0 Å². The Bertz CT molecular complexity index is 807. The molecular weight excluding hydrogens is 366 g/mol. The van der Waals surface area contributed by atoms with E-state index in [4.69, 9.17) is 0 Å². The van der Waals surface area contributed by atoms with Gasteiger partial charge in [-0.1, -0.05) is 28.1 Å². The highest BCUT2D eigenvalue weighted by atomic mass is 79.9. The van der Waals surface area contributed by atoms with Crippen LogP contribution in [0, 0.1) is 0 Å². The number of halogens is 1. The molecule has 3 heterocycles. The second-order valence-electron chi connectivity index (χ2n) is 5.78. The number of anilines is 1. The summed E-state index contributed by atoms with van der Waals surface area (Å²) in [7, 11) is 0. The van der Waals surface area contributed by atoms with Crippen molar-refractivity contribution in [3.05, 3.63) is 53.3 Å². The van der Waals surface area contributed by atoms with Gasteiger partial charge in [-0.2, -0.15) is 5.10 Å². The Balaban J connectivity index is 1.84. The second kappa shape index (κ2) is 6.75. The summed E-state index contributed by atoms with van der Waals surface area (Å²) in [6.07, 6.45) is 3.66. The summed E-state index contributed by atoms with van der Waals surface area (Å²) in [6, 6.07) is 12.4. The molecule has 6 heteroatoms. The van der Waals surface area contributed by atoms with Crippen LogP contribution >= 0.6 is 15.9 Å². The molecule has 0 saturated carbocycles. The summed E-state index contributed by atoms with van der Waals surface area (Å²) in [4.78, 5) is 6.51. The van der Waals surface area contributed by atoms with Gasteiger partial charge in [0.15, 0.2) is 0 Å². The maximum atomic E-state index is 4.64. The Morgan fingerprint density at radius 1 is 0.917 bits per heavy atom. The topological polar surface area (TPSA) is 56.8 Å². The fraction of sp³-hybridized carbons (Fsp3) is 0.222. The van der Waals surface area contributed by atoms with Crippen LogP contribution in [0.15, 0.2) is 53.3 Å². The van der Waals surface area contributed by atoms with Crippen molar-refractivity contribution in [1.29, 1.82) is 0 Å². The zero-order chi connectivity index (χ0) is 16.4. The van der Waals surface area contributed by atoms with E-state index in [1.807, 2.05) is 36.7 Å². The van der Waals surface area contributed by atoms with Crippen LogP contribution in [0.25, 0.3) is 22.4 Å². The molecule has 0 amide bonds. The molecule has 1 fully saturated rings. The summed E-state index contributed by atoms with van der Waals surface area (Å²) >= 11 is 3.50. The summed E-state index contributed by atoms with van der Waals surface area (Å²) in [6.45, 7) is 3.92. The van der Waals surface area contributed by atoms with Crippen molar-refractivity contribution in [2.75, 3.05) is 31.1 Å². The Kier molecular flexibility index (Phi) is 4.32. The molecule has 0 unspecified atom stereocenters. The quantitative estimate of drug-likeness (QED) is 0.728. The summed E-state index contributed by atoms with van der Waals surface area (Å²) in [5, 5.41) is 11.3. The van der Waals surface area contributed by atoms with E-state index in [-0.39, 0.29) is 0 Å². The number of nitrogens with zero attached hydrogens (tertiary/aromatic N) is 3. The molecule has 3 aromatic rings. The van der Waals surface area contributed by atoms with Crippen LogP contribution in [-0.4, -0.2) is 41.4 Å². The largest absolute Gasteiger partial charge is 0.354 e. The zero-order valence-electron chi connectivity index (χ0n) is 13.2. The highest BCUT2D eigenvalue weighted by molar-refractivity contribution is 9.10. The maximum Gasteiger partial charge on any atom is 0.132 e. The number of rotatable bonds is 3. The van der Waals surface area contributed by atoms with E-state index in [0.717, 1.165) is 58.9 Å². The first-order valence-electron chi connectivity index (χ1n) is 8.03. The van der Waals surface area contributed by atoms with Gasteiger partial charge < -0.3 is 10.2 Å². The van der Waals surface area contributed by atoms with Crippen molar-refractivity contribution in [2.24, 2.45) is 0 Å². The van der Waals surface area contributed by atoms with E-state index in [2.05, 4.69) is 53.5 Å². The molecule has 1 aromatic carbocycles. The Morgan fingerprint density at radius 2 is 1.62 bits per heavy atom. The SMILES string of the molecule is Brc1ccc(-c2n[nH]c(N3CCNCC3)c2-c2ccncc2)cc1. The average molecular weight is 384 g/mol. The average Bonchev–Trinajstić information content (AvgIpc) is 3.09. The number of pyridine rings is 1. The number of H-pyrrole nitrogens is 1. The Labute approximate surface area is 149 Å². The van der Waals surface area contributed by atoms with Gasteiger partial charge >= 0.3 is 0 Å². The molecule has 0 radical (unpaired) electrons. The Morgan fingerprint density at radius 3 is 2.33 bits per heavy atom. The van der Waals surface area contributed by atoms with Crippen LogP contribution in [-0.2, 0) is 0 Å². The highest BCUT2D eigenvalue weighted by Gasteiger charge is 2.22. The molecular formula is C18H18BrN5. The van der Waals surface area contributed by atoms with Gasteiger partial charge in [0.25, 0.3) is 0 Å². The molecule has 4 rings (SSSR count). The number of aromatic nitrogens is 3. The normalized spacial score (nSPS) is 14.8. The van der Waals surface area contributed by atoms with Gasteiger partial charge in [0.05, 0.1) is 5.56 Å². The summed E-state index contributed by atoms with van der Waals surface area (Å²) < 4.78 is 1.06. The van der Waals surface area contributed by atoms with Crippen molar-refractivity contribution >= 4 is 21.7 Å².